The Morgan fingerprint density at radius 2 is 0.578 bits per heavy atom. The monoisotopic (exact) mass is 2450 g/mol. The first-order valence-corrected chi connectivity index (χ1v) is 47.9. The third-order valence-corrected chi connectivity index (χ3v) is 24.7. The predicted molar refractivity (Wildman–Crippen MR) is 613 cm³/mol. The molecule has 0 saturated carbocycles. The van der Waals surface area contributed by atoms with Gasteiger partial charge in [-0.2, -0.15) is 0 Å². The summed E-state index contributed by atoms with van der Waals surface area (Å²) in [6.45, 7) is 0. The molecule has 15 aromatic rings. The number of carbonyl (C=O) groups excluding carboxylic acids is 5. The molecule has 15 aromatic carbocycles. The molecule has 2 amide bonds. The van der Waals surface area contributed by atoms with E-state index >= 15 is 0 Å². The van der Waals surface area contributed by atoms with Crippen molar-refractivity contribution in [3.05, 3.63) is 459 Å². The molecule has 0 aliphatic rings. The minimum Gasteiger partial charge on any atom is -0.495 e. The van der Waals surface area contributed by atoms with Crippen molar-refractivity contribution in [2.75, 3.05) is 64.8 Å². The molecule has 0 spiro atoms. The van der Waals surface area contributed by atoms with E-state index in [4.69, 9.17) is 51.9 Å². The number of nitrogens with two attached hydrogens (primary N) is 2. The van der Waals surface area contributed by atoms with Gasteiger partial charge < -0.3 is 55.6 Å². The van der Waals surface area contributed by atoms with Crippen molar-refractivity contribution in [2.24, 2.45) is 0 Å². The summed E-state index contributed by atoms with van der Waals surface area (Å²) in [7, 11) is 9.01. The number of esters is 2. The van der Waals surface area contributed by atoms with Crippen LogP contribution in [0.25, 0.3) is 0 Å². The Morgan fingerprint density at radius 1 is 0.320 bits per heavy atom. The number of methoxy groups -OCH3 is 6. The lowest BCUT2D eigenvalue weighted by Crippen LogP contribution is -2.13. The maximum absolute atomic E-state index is 12.8. The van der Waals surface area contributed by atoms with E-state index in [1.54, 1.807) is 198 Å². The summed E-state index contributed by atoms with van der Waals surface area (Å²) in [5.41, 5.74) is 16.9. The fraction of sp³-hybridized carbons (Fsp3) is 0.0943. The van der Waals surface area contributed by atoms with Crippen LogP contribution >= 0.6 is 140 Å². The number of nitro groups is 5. The number of benzene rings is 15. The third kappa shape index (κ3) is 44.9. The molecule has 15 rings (SSSR count). The molecule has 0 fully saturated rings. The van der Waals surface area contributed by atoms with Gasteiger partial charge in [-0.25, -0.2) is 14.4 Å². The highest BCUT2D eigenvalue weighted by molar-refractivity contribution is 14.1. The maximum atomic E-state index is 12.8. The average Bonchev–Trinajstić information content (AvgIpc) is 0.808. The maximum Gasteiger partial charge on any atom is 0.339 e. The van der Waals surface area contributed by atoms with E-state index in [9.17, 15) is 79.3 Å². The van der Waals surface area contributed by atoms with E-state index in [0.717, 1.165) is 51.6 Å². The van der Waals surface area contributed by atoms with Gasteiger partial charge in [-0.15, -0.1) is 25.3 Å². The van der Waals surface area contributed by atoms with E-state index in [1.165, 1.54) is 116 Å². The second-order valence-corrected chi connectivity index (χ2v) is 35.6. The first-order valence-electron chi connectivity index (χ1n) is 41.0. The lowest BCUT2D eigenvalue weighted by atomic mass is 10.2. The minimum atomic E-state index is -0.995. The molecule has 147 heavy (non-hydrogen) atoms. The van der Waals surface area contributed by atoms with E-state index in [0.29, 0.717) is 71.9 Å². The van der Waals surface area contributed by atoms with Gasteiger partial charge in [-0.05, 0) is 261 Å². The fourth-order valence-electron chi connectivity index (χ4n) is 11.0. The standard InChI is InChI=1S/C20H16N2O4S.C14H12INO2.C14H11NO4S.C13H9NO4S.C8H8O2S.C7H4ClIO.2C7H9NO.C6H4INO2.C6H5NO2S.4CH4/c1-26-18-8-4-3-7-17(18)21-20(23)16-6-2-5-9-19(16)27-15-12-10-14(11-13-15)22(24)25;1-18-13-9-5-4-8-12(13)16-14(17)10-6-2-3-7-11(10)15;1-19-14(16)12-4-2-3-5-13(12)20-11-8-6-10(7-9-11)15(17)18;15-13(16)11-3-1-2-4-12(11)19-10-7-5-9(6-8-10)14(17)18;1-10-8(9)6-4-2-3-5-7(6)11;8-7(10)5-3-1-2-4-6(5)9;2*1-9-7-5-3-2-4-6(7)8;7-5-1-3-6(4-2-5)8(9)10;8-7(9)5-1-3-6(10)4-2-5;;;;/h2-13H,1H3,(H,21,23);2-9H,1H3,(H,16,17);2-9H,1H3;1-8H,(H,15,16);2-5,11H,1H3;1-4H;2*2-5H,8H2,1H3;1-4H;1-4,10H;4*1H4. The fourth-order valence-corrected chi connectivity index (χ4v) is 16.1. The van der Waals surface area contributed by atoms with Gasteiger partial charge in [0.05, 0.1) is 118 Å². The molecule has 0 radical (unpaired) electrons. The smallest absolute Gasteiger partial charge is 0.339 e. The van der Waals surface area contributed by atoms with Crippen molar-refractivity contribution < 1.29 is 86.9 Å². The summed E-state index contributed by atoms with van der Waals surface area (Å²) in [5.74, 6) is 0.544. The van der Waals surface area contributed by atoms with Crippen LogP contribution in [-0.2, 0) is 9.47 Å². The first kappa shape index (κ1) is 128. The lowest BCUT2D eigenvalue weighted by Gasteiger charge is -2.12. The number of nitrogens with one attached hydrogen (secondary N) is 2. The number of amides is 2. The Labute approximate surface area is 919 Å². The van der Waals surface area contributed by atoms with E-state index in [1.807, 2.05) is 127 Å². The highest BCUT2D eigenvalue weighted by Gasteiger charge is 2.20. The number of hydrogen-bond donors (Lipinski definition) is 7. The first-order chi connectivity index (χ1) is 68.5. The zero-order valence-corrected chi connectivity index (χ0v) is 87.6. The van der Waals surface area contributed by atoms with Crippen molar-refractivity contribution in [1.29, 1.82) is 0 Å². The van der Waals surface area contributed by atoms with Crippen LogP contribution in [0.15, 0.2) is 403 Å². The summed E-state index contributed by atoms with van der Waals surface area (Å²) < 4.78 is 32.4. The van der Waals surface area contributed by atoms with Crippen LogP contribution in [0.4, 0.5) is 51.2 Å². The van der Waals surface area contributed by atoms with Gasteiger partial charge in [-0.1, -0.05) is 186 Å². The van der Waals surface area contributed by atoms with Crippen molar-refractivity contribution in [2.45, 2.75) is 68.9 Å². The minimum absolute atomic E-state index is 0. The number of nitrogen functional groups attached to an aromatic ring is 2. The Bertz CT molecular complexity index is 6700. The van der Waals surface area contributed by atoms with Crippen molar-refractivity contribution in [1.82, 2.24) is 0 Å². The molecular weight excluding hydrogens is 2340 g/mol. The molecular formula is C106H103ClI3N9O23S5. The number of nitrogens with zero attached hydrogens (tertiary/aromatic N) is 5. The Hall–Kier alpha value is -14.7. The zero-order valence-electron chi connectivity index (χ0n) is 76.1. The molecule has 0 bridgehead atoms. The largest absolute Gasteiger partial charge is 0.495 e. The molecule has 0 saturated heterocycles. The quantitative estimate of drug-likeness (QED) is 0.00595. The highest BCUT2D eigenvalue weighted by atomic mass is 127. The van der Waals surface area contributed by atoms with Crippen LogP contribution < -0.4 is 41.0 Å². The number of anilines is 4. The van der Waals surface area contributed by atoms with Crippen LogP contribution in [0, 0.1) is 61.3 Å². The van der Waals surface area contributed by atoms with Gasteiger partial charge in [0, 0.05) is 116 Å². The number of thiol groups is 2. The van der Waals surface area contributed by atoms with Gasteiger partial charge in [0.1, 0.15) is 23.0 Å². The van der Waals surface area contributed by atoms with Crippen LogP contribution in [-0.4, -0.2) is 107 Å². The molecule has 0 aliphatic carbocycles. The number of halogens is 4. The lowest BCUT2D eigenvalue weighted by molar-refractivity contribution is -0.385. The van der Waals surface area contributed by atoms with E-state index in [-0.39, 0.29) is 81.5 Å². The number of non-ortho nitro benzene ring substituents is 5. The molecule has 41 heteroatoms. The van der Waals surface area contributed by atoms with Gasteiger partial charge in [-0.3, -0.25) is 65.0 Å². The summed E-state index contributed by atoms with van der Waals surface area (Å²) >= 11 is 23.6. The summed E-state index contributed by atoms with van der Waals surface area (Å²) in [6.07, 6.45) is 0. The van der Waals surface area contributed by atoms with Crippen LogP contribution in [0.3, 0.4) is 0 Å². The van der Waals surface area contributed by atoms with E-state index in [2.05, 4.69) is 108 Å². The van der Waals surface area contributed by atoms with Gasteiger partial charge >= 0.3 is 17.9 Å². The molecule has 0 aromatic heterocycles. The number of carboxylic acid groups (broad SMARTS) is 1. The summed E-state index contributed by atoms with van der Waals surface area (Å²) in [5, 5.41) is 66.5. The van der Waals surface area contributed by atoms with Gasteiger partial charge in [0.15, 0.2) is 0 Å². The predicted octanol–water partition coefficient (Wildman–Crippen LogP) is 29.2. The van der Waals surface area contributed by atoms with Crippen molar-refractivity contribution in [3.63, 3.8) is 0 Å². The van der Waals surface area contributed by atoms with Crippen LogP contribution in [0.1, 0.15) is 91.9 Å². The SMILES string of the molecule is C.C.C.C.COC(=O)c1ccccc1S.COC(=O)c1ccccc1Sc1ccc([N+](=O)[O-])cc1.COc1ccccc1N.COc1ccccc1N.COc1ccccc1NC(=O)c1ccccc1I.COc1ccccc1NC(=O)c1ccccc1Sc1ccc([N+](=O)[O-])cc1.O=C(Cl)c1ccccc1I.O=C(O)c1ccccc1Sc1ccc([N+](=O)[O-])cc1.O=[N+]([O-])c1ccc(I)cc1.O=[N+]([O-])c1ccc(S)cc1. The Morgan fingerprint density at radius 3 is 0.891 bits per heavy atom. The number of carboxylic acids is 1. The number of carbonyl (C=O) groups is 6. The molecule has 768 valence electrons. The summed E-state index contributed by atoms with van der Waals surface area (Å²) in [4.78, 5) is 125. The van der Waals surface area contributed by atoms with Gasteiger partial charge in [0.2, 0.25) is 0 Å². The molecule has 0 aliphatic heterocycles. The van der Waals surface area contributed by atoms with Crippen LogP contribution in [0.5, 0.6) is 23.0 Å². The number of ether oxygens (including phenoxy) is 6. The normalized spacial score (nSPS) is 9.47. The van der Waals surface area contributed by atoms with Gasteiger partial charge in [0.25, 0.3) is 45.5 Å². The molecule has 7 N–H and O–H groups in total. The average molecular weight is 2450 g/mol. The topological polar surface area (TPSA) is 470 Å². The third-order valence-electron chi connectivity index (χ3n) is 18.0. The zero-order chi connectivity index (χ0) is 105. The van der Waals surface area contributed by atoms with Crippen LogP contribution in [0.2, 0.25) is 0 Å². The number of aromatic carboxylic acids is 1. The number of hydrogen-bond acceptors (Lipinski definition) is 29. The molecule has 0 unspecified atom stereocenters. The second-order valence-electron chi connectivity index (χ2n) is 27.4. The van der Waals surface area contributed by atoms with Crippen molar-refractivity contribution >= 4 is 226 Å². The number of para-hydroxylation sites is 8. The van der Waals surface area contributed by atoms with Crippen molar-refractivity contribution in [3.8, 4) is 23.0 Å². The number of nitro benzene ring substituents is 5. The second kappa shape index (κ2) is 69.4. The molecule has 0 heterocycles. The summed E-state index contributed by atoms with van der Waals surface area (Å²) in [6, 6.07) is 103. The number of rotatable bonds is 23. The molecule has 32 nitrogen and oxygen atoms in total. The van der Waals surface area contributed by atoms with E-state index < -0.39 is 41.8 Å². The molecule has 0 atom stereocenters. The Balaban J connectivity index is 0.000000563. The highest BCUT2D eigenvalue weighted by Crippen LogP contribution is 2.37. The Kier molecular flexibility index (Phi) is 60.6.